The zero-order valence-corrected chi connectivity index (χ0v) is 8.58. The van der Waals surface area contributed by atoms with Crippen LogP contribution in [0.4, 0.5) is 0 Å². The fourth-order valence-electron chi connectivity index (χ4n) is 1.23. The Labute approximate surface area is 84.0 Å². The summed E-state index contributed by atoms with van der Waals surface area (Å²) in [6.07, 6.45) is 0. The molecule has 2 aromatic rings. The molecule has 0 amide bonds. The van der Waals surface area contributed by atoms with Gasteiger partial charge in [-0.3, -0.25) is 0 Å². The number of carboxylic acids is 1. The third-order valence-corrected chi connectivity index (χ3v) is 2.87. The second-order valence-corrected chi connectivity index (χ2v) is 4.26. The highest BCUT2D eigenvalue weighted by molar-refractivity contribution is 7.20. The number of nitrogens with zero attached hydrogens (tertiary/aromatic N) is 3. The van der Waals surface area contributed by atoms with E-state index in [0.29, 0.717) is 9.71 Å². The van der Waals surface area contributed by atoms with Gasteiger partial charge in [-0.15, -0.1) is 16.4 Å². The molecule has 0 saturated carbocycles. The zero-order valence-electron chi connectivity index (χ0n) is 7.76. The van der Waals surface area contributed by atoms with Crippen LogP contribution < -0.4 is 0 Å². The van der Waals surface area contributed by atoms with Crippen molar-refractivity contribution in [3.8, 4) is 0 Å². The molecule has 0 radical (unpaired) electrons. The van der Waals surface area contributed by atoms with Gasteiger partial charge in [0.2, 0.25) is 0 Å². The van der Waals surface area contributed by atoms with E-state index in [-0.39, 0.29) is 6.04 Å². The van der Waals surface area contributed by atoms with Crippen molar-refractivity contribution in [1.82, 2.24) is 15.0 Å². The first kappa shape index (κ1) is 9.14. The average Bonchev–Trinajstić information content (AvgIpc) is 2.58. The Morgan fingerprint density at radius 1 is 1.64 bits per heavy atom. The van der Waals surface area contributed by atoms with E-state index in [1.165, 1.54) is 0 Å². The maximum absolute atomic E-state index is 10.7. The standard InChI is InChI=1S/C8H9N3O2S/c1-4(2)11-5-3-6(8(12)13)14-7(5)9-10-11/h3-4H,1-2H3,(H,12,13). The first-order chi connectivity index (χ1) is 6.59. The van der Waals surface area contributed by atoms with Crippen LogP contribution >= 0.6 is 11.3 Å². The largest absolute Gasteiger partial charge is 0.477 e. The van der Waals surface area contributed by atoms with Gasteiger partial charge in [0.05, 0.1) is 0 Å². The van der Waals surface area contributed by atoms with Gasteiger partial charge in [0.25, 0.3) is 0 Å². The highest BCUT2D eigenvalue weighted by Gasteiger charge is 2.14. The first-order valence-electron chi connectivity index (χ1n) is 4.17. The summed E-state index contributed by atoms with van der Waals surface area (Å²) in [7, 11) is 0. The van der Waals surface area contributed by atoms with Crippen molar-refractivity contribution in [2.45, 2.75) is 19.9 Å². The van der Waals surface area contributed by atoms with Gasteiger partial charge in [0.15, 0.2) is 4.83 Å². The Bertz CT molecular complexity index is 486. The fourth-order valence-corrected chi connectivity index (χ4v) is 2.03. The van der Waals surface area contributed by atoms with Crippen molar-refractivity contribution in [2.75, 3.05) is 0 Å². The van der Waals surface area contributed by atoms with E-state index in [9.17, 15) is 4.79 Å². The molecule has 0 atom stereocenters. The van der Waals surface area contributed by atoms with Crippen LogP contribution in [0.15, 0.2) is 6.07 Å². The van der Waals surface area contributed by atoms with Gasteiger partial charge < -0.3 is 5.11 Å². The summed E-state index contributed by atoms with van der Waals surface area (Å²) in [4.78, 5) is 11.7. The van der Waals surface area contributed by atoms with Crippen LogP contribution in [-0.4, -0.2) is 26.1 Å². The number of rotatable bonds is 2. The SMILES string of the molecule is CC(C)n1nnc2sc(C(=O)O)cc21. The lowest BCUT2D eigenvalue weighted by atomic mass is 10.4. The summed E-state index contributed by atoms with van der Waals surface area (Å²) >= 11 is 1.15. The number of aromatic carboxylic acids is 1. The molecule has 0 fully saturated rings. The Morgan fingerprint density at radius 3 is 2.93 bits per heavy atom. The number of thiophene rings is 1. The normalized spacial score (nSPS) is 11.4. The minimum Gasteiger partial charge on any atom is -0.477 e. The highest BCUT2D eigenvalue weighted by Crippen LogP contribution is 2.25. The molecule has 14 heavy (non-hydrogen) atoms. The van der Waals surface area contributed by atoms with Crippen LogP contribution in [0.2, 0.25) is 0 Å². The van der Waals surface area contributed by atoms with Crippen LogP contribution in [0.3, 0.4) is 0 Å². The summed E-state index contributed by atoms with van der Waals surface area (Å²) in [6, 6.07) is 1.80. The molecule has 1 N–H and O–H groups in total. The van der Waals surface area contributed by atoms with Gasteiger partial charge in [-0.2, -0.15) is 0 Å². The van der Waals surface area contributed by atoms with Gasteiger partial charge in [-0.25, -0.2) is 9.48 Å². The van der Waals surface area contributed by atoms with Gasteiger partial charge in [-0.05, 0) is 19.9 Å². The molecule has 2 rings (SSSR count). The average molecular weight is 211 g/mol. The number of fused-ring (bicyclic) bond motifs is 1. The predicted molar refractivity (Wildman–Crippen MR) is 52.7 cm³/mol. The molecule has 6 heteroatoms. The highest BCUT2D eigenvalue weighted by atomic mass is 32.1. The van der Waals surface area contributed by atoms with Gasteiger partial charge >= 0.3 is 5.97 Å². The van der Waals surface area contributed by atoms with Gasteiger partial charge in [0.1, 0.15) is 10.4 Å². The van der Waals surface area contributed by atoms with Crippen LogP contribution in [-0.2, 0) is 0 Å². The molecule has 0 aliphatic rings. The lowest BCUT2D eigenvalue weighted by Crippen LogP contribution is -2.02. The van der Waals surface area contributed by atoms with E-state index in [4.69, 9.17) is 5.11 Å². The molecule has 0 aromatic carbocycles. The molecule has 0 unspecified atom stereocenters. The molecule has 0 aliphatic carbocycles. The fraction of sp³-hybridized carbons (Fsp3) is 0.375. The predicted octanol–water partition coefficient (Wildman–Crippen LogP) is 1.77. The van der Waals surface area contributed by atoms with Crippen molar-refractivity contribution in [2.24, 2.45) is 0 Å². The summed E-state index contributed by atoms with van der Waals surface area (Å²) in [5.41, 5.74) is 0.794. The Hall–Kier alpha value is -1.43. The van der Waals surface area contributed by atoms with E-state index in [1.54, 1.807) is 10.7 Å². The minimum absolute atomic E-state index is 0.191. The van der Waals surface area contributed by atoms with Crippen molar-refractivity contribution >= 4 is 27.7 Å². The van der Waals surface area contributed by atoms with Crippen molar-refractivity contribution in [3.05, 3.63) is 10.9 Å². The van der Waals surface area contributed by atoms with E-state index >= 15 is 0 Å². The quantitative estimate of drug-likeness (QED) is 0.822. The number of carboxylic acid groups (broad SMARTS) is 1. The lowest BCUT2D eigenvalue weighted by Gasteiger charge is -2.02. The van der Waals surface area contributed by atoms with E-state index < -0.39 is 5.97 Å². The molecular formula is C8H9N3O2S. The van der Waals surface area contributed by atoms with Crippen LogP contribution in [0.1, 0.15) is 29.6 Å². The monoisotopic (exact) mass is 211 g/mol. The summed E-state index contributed by atoms with van der Waals surface area (Å²) in [6.45, 7) is 3.96. The summed E-state index contributed by atoms with van der Waals surface area (Å²) in [5, 5.41) is 16.6. The minimum atomic E-state index is -0.914. The van der Waals surface area contributed by atoms with E-state index in [1.807, 2.05) is 13.8 Å². The number of carbonyl (C=O) groups is 1. The van der Waals surface area contributed by atoms with E-state index in [2.05, 4.69) is 10.3 Å². The van der Waals surface area contributed by atoms with Crippen molar-refractivity contribution < 1.29 is 9.90 Å². The third kappa shape index (κ3) is 1.27. The van der Waals surface area contributed by atoms with Gasteiger partial charge in [-0.1, -0.05) is 5.21 Å². The molecule has 2 aromatic heterocycles. The smallest absolute Gasteiger partial charge is 0.346 e. The Balaban J connectivity index is 2.61. The van der Waals surface area contributed by atoms with Crippen molar-refractivity contribution in [1.29, 1.82) is 0 Å². The molecule has 0 spiro atoms. The molecule has 5 nitrogen and oxygen atoms in total. The lowest BCUT2D eigenvalue weighted by molar-refractivity contribution is 0.0702. The van der Waals surface area contributed by atoms with Crippen LogP contribution in [0.25, 0.3) is 10.3 Å². The number of hydrogen-bond donors (Lipinski definition) is 1. The van der Waals surface area contributed by atoms with E-state index in [0.717, 1.165) is 16.9 Å². The molecule has 0 aliphatic heterocycles. The number of hydrogen-bond acceptors (Lipinski definition) is 4. The molecule has 0 bridgehead atoms. The molecular weight excluding hydrogens is 202 g/mol. The second kappa shape index (κ2) is 3.06. The molecule has 0 saturated heterocycles. The maximum atomic E-state index is 10.7. The summed E-state index contributed by atoms with van der Waals surface area (Å²) < 4.78 is 1.72. The topological polar surface area (TPSA) is 68.0 Å². The Kier molecular flexibility index (Phi) is 1.99. The van der Waals surface area contributed by atoms with Crippen LogP contribution in [0.5, 0.6) is 0 Å². The molecule has 2 heterocycles. The summed E-state index contributed by atoms with van der Waals surface area (Å²) in [5.74, 6) is -0.914. The zero-order chi connectivity index (χ0) is 10.3. The second-order valence-electron chi connectivity index (χ2n) is 3.23. The van der Waals surface area contributed by atoms with Crippen molar-refractivity contribution in [3.63, 3.8) is 0 Å². The molecule has 74 valence electrons. The van der Waals surface area contributed by atoms with Crippen LogP contribution in [0, 0.1) is 0 Å². The maximum Gasteiger partial charge on any atom is 0.346 e. The Morgan fingerprint density at radius 2 is 2.36 bits per heavy atom. The number of aromatic nitrogens is 3. The third-order valence-electron chi connectivity index (χ3n) is 1.87. The van der Waals surface area contributed by atoms with Gasteiger partial charge in [0, 0.05) is 6.04 Å². The first-order valence-corrected chi connectivity index (χ1v) is 4.99.